The van der Waals surface area contributed by atoms with Crippen LogP contribution in [0.3, 0.4) is 0 Å². The molecular formula is C9H8BrN3O2. The van der Waals surface area contributed by atoms with Crippen molar-refractivity contribution in [1.29, 1.82) is 0 Å². The van der Waals surface area contributed by atoms with E-state index in [0.717, 1.165) is 11.1 Å². The first-order valence-electron chi connectivity index (χ1n) is 4.12. The molecule has 0 amide bonds. The minimum atomic E-state index is -0.475. The molecule has 0 spiro atoms. The summed E-state index contributed by atoms with van der Waals surface area (Å²) >= 11 is 2.62. The number of carbonyl (C=O) groups excluding carboxylic acids is 1. The van der Waals surface area contributed by atoms with E-state index in [1.165, 1.54) is 0 Å². The summed E-state index contributed by atoms with van der Waals surface area (Å²) in [6, 6.07) is 5.08. The van der Waals surface area contributed by atoms with E-state index in [-0.39, 0.29) is 6.54 Å². The lowest BCUT2D eigenvalue weighted by molar-refractivity contribution is 0.0782. The zero-order valence-electron chi connectivity index (χ0n) is 7.98. The minimum Gasteiger partial charge on any atom is -0.380 e. The fraction of sp³-hybridized carbons (Fsp3) is 0.222. The zero-order valence-corrected chi connectivity index (χ0v) is 9.56. The topological polar surface area (TPSA) is 75.1 Å². The molecule has 0 aromatic heterocycles. The van der Waals surface area contributed by atoms with Gasteiger partial charge in [0.25, 0.3) is 0 Å². The van der Waals surface area contributed by atoms with Crippen LogP contribution < -0.4 is 0 Å². The molecule has 0 atom stereocenters. The van der Waals surface area contributed by atoms with E-state index in [1.54, 1.807) is 18.2 Å². The van der Waals surface area contributed by atoms with Crippen LogP contribution in [0.15, 0.2) is 23.3 Å². The third kappa shape index (κ3) is 2.97. The molecule has 0 fully saturated rings. The lowest BCUT2D eigenvalue weighted by Gasteiger charge is -2.04. The van der Waals surface area contributed by atoms with Gasteiger partial charge in [-0.05, 0) is 35.7 Å². The Balaban J connectivity index is 3.04. The van der Waals surface area contributed by atoms with Gasteiger partial charge < -0.3 is 3.83 Å². The van der Waals surface area contributed by atoms with E-state index in [4.69, 9.17) is 5.53 Å². The highest BCUT2D eigenvalue weighted by atomic mass is 79.9. The van der Waals surface area contributed by atoms with Crippen molar-refractivity contribution in [3.8, 4) is 0 Å². The Bertz CT molecular complexity index is 427. The number of halogens is 1. The molecule has 0 aliphatic carbocycles. The quantitative estimate of drug-likeness (QED) is 0.480. The molecule has 0 radical (unpaired) electrons. The lowest BCUT2D eigenvalue weighted by Crippen LogP contribution is -1.99. The van der Waals surface area contributed by atoms with Gasteiger partial charge in [-0.2, -0.15) is 0 Å². The smallest absolute Gasteiger partial charge is 0.349 e. The second-order valence-electron chi connectivity index (χ2n) is 2.89. The van der Waals surface area contributed by atoms with Crippen molar-refractivity contribution >= 4 is 22.2 Å². The van der Waals surface area contributed by atoms with Gasteiger partial charge in [-0.1, -0.05) is 11.2 Å². The van der Waals surface area contributed by atoms with Crippen LogP contribution in [0.5, 0.6) is 0 Å². The highest BCUT2D eigenvalue weighted by Gasteiger charge is 2.07. The van der Waals surface area contributed by atoms with Gasteiger partial charge >= 0.3 is 5.97 Å². The highest BCUT2D eigenvalue weighted by molar-refractivity contribution is 9.06. The Labute approximate surface area is 95.1 Å². The number of hydrogen-bond donors (Lipinski definition) is 0. The van der Waals surface area contributed by atoms with Crippen LogP contribution in [0.2, 0.25) is 0 Å². The molecule has 6 heteroatoms. The molecule has 0 saturated heterocycles. The predicted molar refractivity (Wildman–Crippen MR) is 58.4 cm³/mol. The molecule has 0 unspecified atom stereocenters. The summed E-state index contributed by atoms with van der Waals surface area (Å²) in [5.74, 6) is -0.475. The van der Waals surface area contributed by atoms with Gasteiger partial charge in [0.15, 0.2) is 16.3 Å². The van der Waals surface area contributed by atoms with Gasteiger partial charge in [0.2, 0.25) is 0 Å². The van der Waals surface area contributed by atoms with Crippen molar-refractivity contribution in [2.75, 3.05) is 0 Å². The van der Waals surface area contributed by atoms with E-state index in [9.17, 15) is 4.79 Å². The third-order valence-electron chi connectivity index (χ3n) is 1.96. The maximum atomic E-state index is 11.2. The minimum absolute atomic E-state index is 0.228. The molecule has 0 heterocycles. The average Bonchev–Trinajstić information content (AvgIpc) is 2.27. The van der Waals surface area contributed by atoms with Gasteiger partial charge in [-0.3, -0.25) is 0 Å². The van der Waals surface area contributed by atoms with Crippen LogP contribution in [0.1, 0.15) is 21.5 Å². The summed E-state index contributed by atoms with van der Waals surface area (Å²) in [7, 11) is 0. The maximum Gasteiger partial charge on any atom is 0.349 e. The van der Waals surface area contributed by atoms with Crippen LogP contribution in [-0.2, 0) is 10.4 Å². The number of rotatable bonds is 3. The van der Waals surface area contributed by atoms with E-state index in [1.807, 2.05) is 6.92 Å². The summed E-state index contributed by atoms with van der Waals surface area (Å²) in [5, 5.41) is 3.45. The normalized spacial score (nSPS) is 9.20. The average molecular weight is 270 g/mol. The third-order valence-corrected chi connectivity index (χ3v) is 2.25. The SMILES string of the molecule is Cc1ccc(C(=O)OBr)cc1CN=[N+]=[N-]. The summed E-state index contributed by atoms with van der Waals surface area (Å²) in [4.78, 5) is 13.8. The molecule has 0 bridgehead atoms. The van der Waals surface area contributed by atoms with Crippen molar-refractivity contribution in [2.24, 2.45) is 5.11 Å². The van der Waals surface area contributed by atoms with Crippen molar-refractivity contribution in [2.45, 2.75) is 13.5 Å². The highest BCUT2D eigenvalue weighted by Crippen LogP contribution is 2.14. The van der Waals surface area contributed by atoms with Gasteiger partial charge in [-0.25, -0.2) is 4.79 Å². The van der Waals surface area contributed by atoms with Crippen LogP contribution >= 0.6 is 16.3 Å². The molecule has 0 aliphatic rings. The Morgan fingerprint density at radius 1 is 1.67 bits per heavy atom. The molecule has 0 N–H and O–H groups in total. The van der Waals surface area contributed by atoms with Crippen molar-refractivity contribution < 1.29 is 8.62 Å². The van der Waals surface area contributed by atoms with Crippen LogP contribution in [0.25, 0.3) is 10.4 Å². The molecule has 5 nitrogen and oxygen atoms in total. The fourth-order valence-corrected chi connectivity index (χ4v) is 1.31. The molecular weight excluding hydrogens is 262 g/mol. The van der Waals surface area contributed by atoms with Gasteiger partial charge in [0.1, 0.15) is 0 Å². The summed E-state index contributed by atoms with van der Waals surface area (Å²) < 4.78 is 4.41. The lowest BCUT2D eigenvalue weighted by atomic mass is 10.1. The second-order valence-corrected chi connectivity index (χ2v) is 3.22. The Morgan fingerprint density at radius 2 is 2.40 bits per heavy atom. The molecule has 78 valence electrons. The van der Waals surface area contributed by atoms with Gasteiger partial charge in [-0.15, -0.1) is 0 Å². The predicted octanol–water partition coefficient (Wildman–Crippen LogP) is 3.27. The Kier molecular flexibility index (Phi) is 4.15. The van der Waals surface area contributed by atoms with Crippen molar-refractivity contribution in [1.82, 2.24) is 0 Å². The number of aryl methyl sites for hydroxylation is 1. The first kappa shape index (κ1) is 11.6. The number of carbonyl (C=O) groups is 1. The van der Waals surface area contributed by atoms with E-state index in [0.29, 0.717) is 5.56 Å². The first-order chi connectivity index (χ1) is 7.19. The largest absolute Gasteiger partial charge is 0.380 e. The monoisotopic (exact) mass is 269 g/mol. The van der Waals surface area contributed by atoms with Crippen LogP contribution in [0.4, 0.5) is 0 Å². The summed E-state index contributed by atoms with van der Waals surface area (Å²) in [6.45, 7) is 2.11. The standard InChI is InChI=1S/C9H8BrN3O2/c1-6-2-3-7(9(14)15-10)4-8(6)5-12-13-11/h2-4H,5H2,1H3. The van der Waals surface area contributed by atoms with Crippen molar-refractivity contribution in [3.63, 3.8) is 0 Å². The number of nitrogens with zero attached hydrogens (tertiary/aromatic N) is 3. The van der Waals surface area contributed by atoms with Crippen LogP contribution in [-0.4, -0.2) is 5.97 Å². The number of azide groups is 1. The van der Waals surface area contributed by atoms with Crippen LogP contribution in [0, 0.1) is 6.92 Å². The Hall–Kier alpha value is -1.52. The Morgan fingerprint density at radius 3 is 3.00 bits per heavy atom. The first-order valence-corrected chi connectivity index (χ1v) is 4.77. The summed E-state index contributed by atoms with van der Waals surface area (Å²) in [6.07, 6.45) is 0. The number of hydrogen-bond acceptors (Lipinski definition) is 3. The molecule has 0 aliphatic heterocycles. The molecule has 1 aromatic rings. The molecule has 0 saturated carbocycles. The fourth-order valence-electron chi connectivity index (χ4n) is 1.12. The summed E-state index contributed by atoms with van der Waals surface area (Å²) in [5.41, 5.74) is 10.4. The van der Waals surface area contributed by atoms with E-state index < -0.39 is 5.97 Å². The van der Waals surface area contributed by atoms with E-state index in [2.05, 4.69) is 30.1 Å². The molecule has 1 aromatic carbocycles. The van der Waals surface area contributed by atoms with Gasteiger partial charge in [0.05, 0.1) is 12.1 Å². The number of benzene rings is 1. The maximum absolute atomic E-state index is 11.2. The molecule has 15 heavy (non-hydrogen) atoms. The van der Waals surface area contributed by atoms with E-state index >= 15 is 0 Å². The second kappa shape index (κ2) is 5.38. The van der Waals surface area contributed by atoms with Gasteiger partial charge in [0, 0.05) is 4.91 Å². The van der Waals surface area contributed by atoms with Crippen molar-refractivity contribution in [3.05, 3.63) is 45.3 Å². The zero-order chi connectivity index (χ0) is 11.3. The molecule has 1 rings (SSSR count).